The zero-order valence-electron chi connectivity index (χ0n) is 8.28. The highest BCUT2D eigenvalue weighted by Gasteiger charge is 2.07. The van der Waals surface area contributed by atoms with Crippen LogP contribution in [0, 0.1) is 5.82 Å². The van der Waals surface area contributed by atoms with Gasteiger partial charge in [-0.3, -0.25) is 0 Å². The highest BCUT2D eigenvalue weighted by Crippen LogP contribution is 2.18. The molecule has 2 rings (SSSR count). The Morgan fingerprint density at radius 2 is 2.12 bits per heavy atom. The lowest BCUT2D eigenvalue weighted by Gasteiger charge is -2.01. The Morgan fingerprint density at radius 1 is 1.31 bits per heavy atom. The number of aromatic nitrogens is 2. The predicted molar refractivity (Wildman–Crippen MR) is 58.4 cm³/mol. The third-order valence-electron chi connectivity index (χ3n) is 1.89. The quantitative estimate of drug-likeness (QED) is 0.837. The maximum Gasteiger partial charge on any atom is 0.320 e. The van der Waals surface area contributed by atoms with Crippen molar-refractivity contribution >= 4 is 23.3 Å². The molecule has 2 aromatic rings. The summed E-state index contributed by atoms with van der Waals surface area (Å²) in [5, 5.41) is 10.2. The van der Waals surface area contributed by atoms with Gasteiger partial charge in [-0.1, -0.05) is 17.2 Å². The molecule has 0 aliphatic heterocycles. The summed E-state index contributed by atoms with van der Waals surface area (Å²) in [6.07, 6.45) is 0.494. The summed E-state index contributed by atoms with van der Waals surface area (Å²) in [5.41, 5.74) is 0.295. The molecule has 0 saturated heterocycles. The van der Waals surface area contributed by atoms with Gasteiger partial charge >= 0.3 is 6.01 Å². The maximum absolute atomic E-state index is 13.3. The Labute approximate surface area is 96.4 Å². The zero-order chi connectivity index (χ0) is 11.4. The van der Waals surface area contributed by atoms with E-state index in [2.05, 4.69) is 15.5 Å². The Bertz CT molecular complexity index is 475. The van der Waals surface area contributed by atoms with Crippen LogP contribution in [0.3, 0.4) is 0 Å². The van der Waals surface area contributed by atoms with Crippen molar-refractivity contribution in [3.63, 3.8) is 0 Å². The van der Waals surface area contributed by atoms with E-state index < -0.39 is 0 Å². The first-order valence-electron chi connectivity index (χ1n) is 4.69. The van der Waals surface area contributed by atoms with Gasteiger partial charge in [0.25, 0.3) is 0 Å². The molecule has 0 fully saturated rings. The molecule has 0 spiro atoms. The summed E-state index contributed by atoms with van der Waals surface area (Å²) in [4.78, 5) is 0. The van der Waals surface area contributed by atoms with Crippen LogP contribution in [0.2, 0.25) is 0 Å². The fourth-order valence-electron chi connectivity index (χ4n) is 1.16. The number of alkyl halides is 1. The minimum atomic E-state index is -0.375. The van der Waals surface area contributed by atoms with Crippen molar-refractivity contribution in [1.82, 2.24) is 10.2 Å². The van der Waals surface area contributed by atoms with E-state index in [0.717, 1.165) is 0 Å². The summed E-state index contributed by atoms with van der Waals surface area (Å²) in [5.74, 6) is 0.454. The molecule has 1 aromatic carbocycles. The predicted octanol–water partition coefficient (Wildman–Crippen LogP) is 2.73. The highest BCUT2D eigenvalue weighted by atomic mass is 35.5. The second-order valence-electron chi connectivity index (χ2n) is 3.04. The van der Waals surface area contributed by atoms with Crippen LogP contribution in [-0.4, -0.2) is 16.1 Å². The van der Waals surface area contributed by atoms with E-state index in [1.807, 2.05) is 0 Å². The minimum Gasteiger partial charge on any atom is -0.408 e. The first kappa shape index (κ1) is 10.9. The fraction of sp³-hybridized carbons (Fsp3) is 0.200. The van der Waals surface area contributed by atoms with E-state index in [-0.39, 0.29) is 11.8 Å². The molecule has 0 radical (unpaired) electrons. The molecule has 1 aromatic heterocycles. The summed E-state index contributed by atoms with van der Waals surface area (Å²) in [6, 6.07) is 6.40. The molecule has 0 saturated carbocycles. The average Bonchev–Trinajstić information content (AvgIpc) is 2.70. The second-order valence-corrected chi connectivity index (χ2v) is 3.42. The second kappa shape index (κ2) is 4.94. The van der Waals surface area contributed by atoms with Crippen molar-refractivity contribution in [3.8, 4) is 0 Å². The van der Waals surface area contributed by atoms with Gasteiger partial charge in [0.1, 0.15) is 5.82 Å². The maximum atomic E-state index is 13.3. The van der Waals surface area contributed by atoms with Crippen LogP contribution in [0.15, 0.2) is 28.7 Å². The number of nitrogens with zero attached hydrogens (tertiary/aromatic N) is 2. The molecule has 4 nitrogen and oxygen atoms in total. The molecule has 84 valence electrons. The lowest BCUT2D eigenvalue weighted by Crippen LogP contribution is -1.93. The number of rotatable bonds is 4. The third-order valence-corrected chi connectivity index (χ3v) is 2.08. The Morgan fingerprint density at radius 3 is 2.88 bits per heavy atom. The molecule has 0 unspecified atom stereocenters. The van der Waals surface area contributed by atoms with Crippen molar-refractivity contribution in [3.05, 3.63) is 36.0 Å². The fourth-order valence-corrected chi connectivity index (χ4v) is 1.33. The summed E-state index contributed by atoms with van der Waals surface area (Å²) in [7, 11) is 0. The van der Waals surface area contributed by atoms with Crippen molar-refractivity contribution in [1.29, 1.82) is 0 Å². The topological polar surface area (TPSA) is 51.0 Å². The number of hydrogen-bond donors (Lipinski definition) is 1. The molecule has 0 bridgehead atoms. The number of benzene rings is 1. The molecule has 1 heterocycles. The van der Waals surface area contributed by atoms with Gasteiger partial charge in [-0.2, -0.15) is 0 Å². The standard InChI is InChI=1S/C10H9ClFN3O/c11-6-5-9-14-15-10(16-9)13-8-4-2-1-3-7(8)12/h1-4H,5-6H2,(H,13,15). The van der Waals surface area contributed by atoms with Crippen LogP contribution < -0.4 is 5.32 Å². The van der Waals surface area contributed by atoms with Gasteiger partial charge in [0.05, 0.1) is 5.69 Å². The molecule has 0 aliphatic rings. The van der Waals surface area contributed by atoms with Gasteiger partial charge in [-0.15, -0.1) is 16.7 Å². The third kappa shape index (κ3) is 2.49. The van der Waals surface area contributed by atoms with E-state index in [1.54, 1.807) is 18.2 Å². The lowest BCUT2D eigenvalue weighted by molar-refractivity contribution is 0.515. The molecular weight excluding hydrogens is 233 g/mol. The average molecular weight is 242 g/mol. The SMILES string of the molecule is Fc1ccccc1Nc1nnc(CCCl)o1. The monoisotopic (exact) mass is 241 g/mol. The molecular formula is C10H9ClFN3O. The number of nitrogens with one attached hydrogen (secondary N) is 1. The van der Waals surface area contributed by atoms with Crippen molar-refractivity contribution in [2.24, 2.45) is 0 Å². The Balaban J connectivity index is 2.11. The normalized spacial score (nSPS) is 10.4. The van der Waals surface area contributed by atoms with Crippen molar-refractivity contribution in [2.45, 2.75) is 6.42 Å². The number of aryl methyl sites for hydroxylation is 1. The van der Waals surface area contributed by atoms with Crippen LogP contribution in [0.5, 0.6) is 0 Å². The molecule has 0 aliphatic carbocycles. The Hall–Kier alpha value is -1.62. The molecule has 16 heavy (non-hydrogen) atoms. The van der Waals surface area contributed by atoms with E-state index in [1.165, 1.54) is 6.07 Å². The first-order valence-corrected chi connectivity index (χ1v) is 5.23. The van der Waals surface area contributed by atoms with Crippen LogP contribution >= 0.6 is 11.6 Å². The van der Waals surface area contributed by atoms with Gasteiger partial charge in [-0.25, -0.2) is 4.39 Å². The Kier molecular flexibility index (Phi) is 3.36. The van der Waals surface area contributed by atoms with E-state index in [0.29, 0.717) is 23.9 Å². The van der Waals surface area contributed by atoms with Gasteiger partial charge in [0.15, 0.2) is 0 Å². The lowest BCUT2D eigenvalue weighted by atomic mass is 10.3. The van der Waals surface area contributed by atoms with Gasteiger partial charge in [-0.05, 0) is 12.1 Å². The summed E-state index contributed by atoms with van der Waals surface area (Å²) >= 11 is 5.52. The zero-order valence-corrected chi connectivity index (χ0v) is 9.04. The molecule has 0 amide bonds. The largest absolute Gasteiger partial charge is 0.408 e. The van der Waals surface area contributed by atoms with Gasteiger partial charge in [0.2, 0.25) is 5.89 Å². The van der Waals surface area contributed by atoms with Crippen LogP contribution in [0.25, 0.3) is 0 Å². The smallest absolute Gasteiger partial charge is 0.320 e. The minimum absolute atomic E-state index is 0.158. The van der Waals surface area contributed by atoms with Gasteiger partial charge in [0, 0.05) is 12.3 Å². The summed E-state index contributed by atoms with van der Waals surface area (Å²) in [6.45, 7) is 0. The summed E-state index contributed by atoms with van der Waals surface area (Å²) < 4.78 is 18.5. The van der Waals surface area contributed by atoms with E-state index >= 15 is 0 Å². The van der Waals surface area contributed by atoms with E-state index in [9.17, 15) is 4.39 Å². The molecule has 1 N–H and O–H groups in total. The van der Waals surface area contributed by atoms with Crippen molar-refractivity contribution < 1.29 is 8.81 Å². The van der Waals surface area contributed by atoms with Crippen LogP contribution in [0.1, 0.15) is 5.89 Å². The first-order chi connectivity index (χ1) is 7.79. The van der Waals surface area contributed by atoms with Gasteiger partial charge < -0.3 is 9.73 Å². The molecule has 6 heteroatoms. The number of anilines is 2. The molecule has 0 atom stereocenters. The number of hydrogen-bond acceptors (Lipinski definition) is 4. The van der Waals surface area contributed by atoms with Crippen LogP contribution in [-0.2, 0) is 6.42 Å². The number of halogens is 2. The van der Waals surface area contributed by atoms with E-state index in [4.69, 9.17) is 16.0 Å². The van der Waals surface area contributed by atoms with Crippen molar-refractivity contribution in [2.75, 3.05) is 11.2 Å². The number of para-hydroxylation sites is 1. The highest BCUT2D eigenvalue weighted by molar-refractivity contribution is 6.17. The van der Waals surface area contributed by atoms with Crippen LogP contribution in [0.4, 0.5) is 16.1 Å².